The Morgan fingerprint density at radius 3 is 1.92 bits per heavy atom. The Bertz CT molecular complexity index is 1250. The van der Waals surface area contributed by atoms with Gasteiger partial charge in [0.1, 0.15) is 0 Å². The molecular formula is C31H35N3O3. The summed E-state index contributed by atoms with van der Waals surface area (Å²) in [4.78, 5) is 24.0. The highest BCUT2D eigenvalue weighted by atomic mass is 16.4. The van der Waals surface area contributed by atoms with Gasteiger partial charge in [0.25, 0.3) is 0 Å². The van der Waals surface area contributed by atoms with Gasteiger partial charge in [-0.3, -0.25) is 0 Å². The number of carbonyl (C=O) groups excluding carboxylic acids is 1. The van der Waals surface area contributed by atoms with Crippen molar-refractivity contribution in [2.75, 3.05) is 16.0 Å². The third kappa shape index (κ3) is 5.79. The van der Waals surface area contributed by atoms with Gasteiger partial charge in [0.15, 0.2) is 0 Å². The molecule has 3 aromatic rings. The number of urea groups is 1. The number of carboxylic acid groups (broad SMARTS) is 1. The zero-order valence-electron chi connectivity index (χ0n) is 21.5. The quantitative estimate of drug-likeness (QED) is 0.279. The van der Waals surface area contributed by atoms with Crippen LogP contribution in [0.4, 0.5) is 27.5 Å². The molecule has 0 aliphatic heterocycles. The molecule has 0 spiro atoms. The van der Waals surface area contributed by atoms with E-state index in [1.165, 1.54) is 37.7 Å². The fourth-order valence-electron chi connectivity index (χ4n) is 6.65. The summed E-state index contributed by atoms with van der Waals surface area (Å²) in [7, 11) is 0. The van der Waals surface area contributed by atoms with Crippen molar-refractivity contribution in [3.8, 4) is 0 Å². The number of benzene rings is 3. The third-order valence-corrected chi connectivity index (χ3v) is 8.04. The molecule has 37 heavy (non-hydrogen) atoms. The van der Waals surface area contributed by atoms with Crippen molar-refractivity contribution < 1.29 is 14.7 Å². The van der Waals surface area contributed by atoms with Crippen LogP contribution in [0, 0.1) is 17.8 Å². The molecule has 2 fully saturated rings. The van der Waals surface area contributed by atoms with Crippen LogP contribution in [-0.2, 0) is 5.41 Å². The SMILES string of the molecule is CC1CC2CC(C1)CC(C)(c1ccc(NC(=O)Nc3ccc(Nc4ccccc4C(=O)O)cc3)cc1)C2. The molecule has 3 aromatic carbocycles. The largest absolute Gasteiger partial charge is 0.478 e. The number of nitrogens with one attached hydrogen (secondary N) is 3. The van der Waals surface area contributed by atoms with Crippen LogP contribution in [-0.4, -0.2) is 17.1 Å². The van der Waals surface area contributed by atoms with Crippen LogP contribution >= 0.6 is 0 Å². The lowest BCUT2D eigenvalue weighted by Gasteiger charge is -2.47. The second kappa shape index (κ2) is 10.3. The average Bonchev–Trinajstić information content (AvgIpc) is 2.85. The molecule has 0 saturated heterocycles. The monoisotopic (exact) mass is 497 g/mol. The van der Waals surface area contributed by atoms with Crippen LogP contribution in [0.15, 0.2) is 72.8 Å². The summed E-state index contributed by atoms with van der Waals surface area (Å²) in [5.41, 5.74) is 4.43. The molecule has 2 bridgehead atoms. The molecule has 0 radical (unpaired) electrons. The number of hydrogen-bond donors (Lipinski definition) is 4. The number of anilines is 4. The second-order valence-corrected chi connectivity index (χ2v) is 11.2. The number of amides is 2. The van der Waals surface area contributed by atoms with Gasteiger partial charge in [0.05, 0.1) is 11.3 Å². The summed E-state index contributed by atoms with van der Waals surface area (Å²) in [6.07, 6.45) is 6.63. The number of carbonyl (C=O) groups is 2. The molecule has 2 saturated carbocycles. The Balaban J connectivity index is 1.17. The summed E-state index contributed by atoms with van der Waals surface area (Å²) in [6.45, 7) is 4.82. The molecule has 2 atom stereocenters. The minimum absolute atomic E-state index is 0.199. The van der Waals surface area contributed by atoms with Gasteiger partial charge in [-0.2, -0.15) is 0 Å². The van der Waals surface area contributed by atoms with Crippen molar-refractivity contribution in [1.29, 1.82) is 0 Å². The average molecular weight is 498 g/mol. The predicted octanol–water partition coefficient (Wildman–Crippen LogP) is 7.88. The predicted molar refractivity (Wildman–Crippen MR) is 149 cm³/mol. The van der Waals surface area contributed by atoms with Crippen molar-refractivity contribution in [3.05, 3.63) is 83.9 Å². The highest BCUT2D eigenvalue weighted by Crippen LogP contribution is 2.51. The Kier molecular flexibility index (Phi) is 6.92. The maximum atomic E-state index is 12.6. The van der Waals surface area contributed by atoms with E-state index in [1.54, 1.807) is 48.5 Å². The first-order valence-corrected chi connectivity index (χ1v) is 13.2. The van der Waals surface area contributed by atoms with Crippen LogP contribution in [0.1, 0.15) is 61.9 Å². The molecule has 0 heterocycles. The lowest BCUT2D eigenvalue weighted by atomic mass is 9.57. The van der Waals surface area contributed by atoms with E-state index in [0.29, 0.717) is 11.4 Å². The van der Waals surface area contributed by atoms with Crippen molar-refractivity contribution in [1.82, 2.24) is 0 Å². The Labute approximate surface area is 218 Å². The summed E-state index contributed by atoms with van der Waals surface area (Å²) >= 11 is 0. The third-order valence-electron chi connectivity index (χ3n) is 8.04. The normalized spacial score (nSPS) is 24.6. The maximum absolute atomic E-state index is 12.6. The fourth-order valence-corrected chi connectivity index (χ4v) is 6.65. The van der Waals surface area contributed by atoms with Crippen LogP contribution in [0.3, 0.4) is 0 Å². The van der Waals surface area contributed by atoms with E-state index in [1.807, 2.05) is 12.1 Å². The Hall–Kier alpha value is -3.80. The number of aromatic carboxylic acids is 1. The van der Waals surface area contributed by atoms with E-state index in [4.69, 9.17) is 0 Å². The highest BCUT2D eigenvalue weighted by molar-refractivity contribution is 6.00. The van der Waals surface area contributed by atoms with E-state index in [0.717, 1.165) is 29.1 Å². The number of carboxylic acids is 1. The van der Waals surface area contributed by atoms with Gasteiger partial charge >= 0.3 is 12.0 Å². The van der Waals surface area contributed by atoms with Gasteiger partial charge in [0, 0.05) is 17.1 Å². The molecule has 0 aromatic heterocycles. The molecule has 6 nitrogen and oxygen atoms in total. The van der Waals surface area contributed by atoms with Gasteiger partial charge in [-0.1, -0.05) is 38.1 Å². The van der Waals surface area contributed by atoms with E-state index < -0.39 is 5.97 Å². The summed E-state index contributed by atoms with van der Waals surface area (Å²) in [6, 6.07) is 21.9. The first-order valence-electron chi connectivity index (χ1n) is 13.2. The van der Waals surface area contributed by atoms with Crippen molar-refractivity contribution in [2.24, 2.45) is 17.8 Å². The van der Waals surface area contributed by atoms with Crippen LogP contribution < -0.4 is 16.0 Å². The zero-order valence-corrected chi connectivity index (χ0v) is 21.5. The van der Waals surface area contributed by atoms with Gasteiger partial charge in [-0.15, -0.1) is 0 Å². The molecule has 2 amide bonds. The molecule has 192 valence electrons. The van der Waals surface area contributed by atoms with Gasteiger partial charge < -0.3 is 21.1 Å². The highest BCUT2D eigenvalue weighted by Gasteiger charge is 2.41. The summed E-state index contributed by atoms with van der Waals surface area (Å²) in [5, 5.41) is 18.2. The lowest BCUT2D eigenvalue weighted by Crippen LogP contribution is -2.38. The van der Waals surface area contributed by atoms with Gasteiger partial charge in [-0.25, -0.2) is 9.59 Å². The molecule has 2 aliphatic carbocycles. The Morgan fingerprint density at radius 1 is 0.784 bits per heavy atom. The number of fused-ring (bicyclic) bond motifs is 2. The molecular weight excluding hydrogens is 462 g/mol. The fraction of sp³-hybridized carbons (Fsp3) is 0.355. The Morgan fingerprint density at radius 2 is 1.32 bits per heavy atom. The molecule has 2 aliphatic rings. The van der Waals surface area contributed by atoms with E-state index >= 15 is 0 Å². The lowest BCUT2D eigenvalue weighted by molar-refractivity contribution is 0.0698. The van der Waals surface area contributed by atoms with Crippen molar-refractivity contribution in [3.63, 3.8) is 0 Å². The van der Waals surface area contributed by atoms with Crippen molar-refractivity contribution >= 4 is 34.7 Å². The molecule has 5 rings (SSSR count). The van der Waals surface area contributed by atoms with Gasteiger partial charge in [0.2, 0.25) is 0 Å². The molecule has 6 heteroatoms. The topological polar surface area (TPSA) is 90.5 Å². The van der Waals surface area contributed by atoms with Crippen molar-refractivity contribution in [2.45, 2.75) is 51.4 Å². The number of hydrogen-bond acceptors (Lipinski definition) is 3. The van der Waals surface area contributed by atoms with Crippen LogP contribution in [0.5, 0.6) is 0 Å². The standard InChI is InChI=1S/C31H35N3O3/c1-20-15-21-17-22(16-20)19-31(2,18-21)23-7-9-25(10-8-23)33-30(37)34-26-13-11-24(12-14-26)32-28-6-4-3-5-27(28)29(35)36/h3-14,20-22,32H,15-19H2,1-2H3,(H,35,36)(H2,33,34,37). The van der Waals surface area contributed by atoms with Crippen LogP contribution in [0.25, 0.3) is 0 Å². The number of rotatable bonds is 6. The second-order valence-electron chi connectivity index (χ2n) is 11.2. The molecule has 4 N–H and O–H groups in total. The number of para-hydroxylation sites is 1. The van der Waals surface area contributed by atoms with E-state index in [9.17, 15) is 14.7 Å². The minimum atomic E-state index is -0.990. The van der Waals surface area contributed by atoms with Gasteiger partial charge in [-0.05, 0) is 109 Å². The zero-order chi connectivity index (χ0) is 26.0. The summed E-state index contributed by atoms with van der Waals surface area (Å²) < 4.78 is 0. The van der Waals surface area contributed by atoms with Crippen LogP contribution in [0.2, 0.25) is 0 Å². The summed E-state index contributed by atoms with van der Waals surface area (Å²) in [5.74, 6) is 1.55. The first-order chi connectivity index (χ1) is 17.8. The maximum Gasteiger partial charge on any atom is 0.337 e. The van der Waals surface area contributed by atoms with E-state index in [-0.39, 0.29) is 17.0 Å². The first kappa shape index (κ1) is 24.9. The van der Waals surface area contributed by atoms with E-state index in [2.05, 4.69) is 41.9 Å². The smallest absolute Gasteiger partial charge is 0.337 e. The molecule has 2 unspecified atom stereocenters. The minimum Gasteiger partial charge on any atom is -0.478 e.